The average molecular weight is 230 g/mol. The summed E-state index contributed by atoms with van der Waals surface area (Å²) in [6, 6.07) is 0. The average Bonchev–Trinajstić information content (AvgIpc) is 2.27. The summed E-state index contributed by atoms with van der Waals surface area (Å²) in [6.07, 6.45) is 2.85. The van der Waals surface area contributed by atoms with Crippen LogP contribution in [0.4, 0.5) is 0 Å². The van der Waals surface area contributed by atoms with Gasteiger partial charge < -0.3 is 14.9 Å². The fourth-order valence-electron chi connectivity index (χ4n) is 1.85. The minimum atomic E-state index is -0.492. The quantitative estimate of drug-likeness (QED) is 0.654. The summed E-state index contributed by atoms with van der Waals surface area (Å²) < 4.78 is 0. The largest absolute Gasteiger partial charge is 0.389 e. The monoisotopic (exact) mass is 230 g/mol. The van der Waals surface area contributed by atoms with Gasteiger partial charge in [-0.25, -0.2) is 0 Å². The SMILES string of the molecule is CCN(CCCN(C)C)CC(O)(CC)CC. The highest BCUT2D eigenvalue weighted by molar-refractivity contribution is 4.79. The zero-order valence-corrected chi connectivity index (χ0v) is 11.8. The second-order valence-electron chi connectivity index (χ2n) is 4.96. The Labute approximate surface area is 101 Å². The molecular formula is C13H30N2O. The molecular weight excluding hydrogens is 200 g/mol. The summed E-state index contributed by atoms with van der Waals surface area (Å²) in [6.45, 7) is 10.3. The Hall–Kier alpha value is -0.120. The van der Waals surface area contributed by atoms with Crippen LogP contribution in [0.2, 0.25) is 0 Å². The lowest BCUT2D eigenvalue weighted by molar-refractivity contribution is -0.00267. The third-order valence-corrected chi connectivity index (χ3v) is 3.36. The molecule has 1 N–H and O–H groups in total. The molecule has 0 aliphatic rings. The lowest BCUT2D eigenvalue weighted by Gasteiger charge is -2.32. The van der Waals surface area contributed by atoms with Crippen LogP contribution in [0.3, 0.4) is 0 Å². The van der Waals surface area contributed by atoms with Crippen LogP contribution in [0.25, 0.3) is 0 Å². The van der Waals surface area contributed by atoms with E-state index < -0.39 is 5.60 Å². The third-order valence-electron chi connectivity index (χ3n) is 3.36. The molecule has 0 spiro atoms. The highest BCUT2D eigenvalue weighted by Gasteiger charge is 2.24. The minimum Gasteiger partial charge on any atom is -0.389 e. The summed E-state index contributed by atoms with van der Waals surface area (Å²) in [7, 11) is 4.20. The Bertz CT molecular complexity index is 167. The van der Waals surface area contributed by atoms with Gasteiger partial charge in [0.1, 0.15) is 0 Å². The van der Waals surface area contributed by atoms with Crippen molar-refractivity contribution < 1.29 is 5.11 Å². The molecule has 0 radical (unpaired) electrons. The molecule has 0 saturated carbocycles. The molecule has 0 aliphatic heterocycles. The van der Waals surface area contributed by atoms with E-state index in [1.807, 2.05) is 0 Å². The molecule has 0 heterocycles. The second-order valence-corrected chi connectivity index (χ2v) is 4.96. The summed E-state index contributed by atoms with van der Waals surface area (Å²) >= 11 is 0. The first kappa shape index (κ1) is 15.9. The van der Waals surface area contributed by atoms with E-state index in [1.165, 1.54) is 6.42 Å². The number of hydrogen-bond acceptors (Lipinski definition) is 3. The standard InChI is InChI=1S/C13H30N2O/c1-6-13(16,7-2)12-15(8-3)11-9-10-14(4)5/h16H,6-12H2,1-5H3. The predicted octanol–water partition coefficient (Wildman–Crippen LogP) is 1.81. The van der Waals surface area contributed by atoms with Gasteiger partial charge >= 0.3 is 0 Å². The van der Waals surface area contributed by atoms with Gasteiger partial charge in [-0.3, -0.25) is 0 Å². The van der Waals surface area contributed by atoms with E-state index in [-0.39, 0.29) is 0 Å². The molecule has 0 amide bonds. The number of rotatable bonds is 9. The van der Waals surface area contributed by atoms with Gasteiger partial charge in [0, 0.05) is 6.54 Å². The second kappa shape index (κ2) is 8.04. The van der Waals surface area contributed by atoms with Gasteiger partial charge in [0.05, 0.1) is 5.60 Å². The molecule has 0 atom stereocenters. The molecule has 0 saturated heterocycles. The normalized spacial score (nSPS) is 12.8. The van der Waals surface area contributed by atoms with Crippen molar-refractivity contribution >= 4 is 0 Å². The minimum absolute atomic E-state index is 0.492. The van der Waals surface area contributed by atoms with Crippen molar-refractivity contribution in [3.05, 3.63) is 0 Å². The van der Waals surface area contributed by atoms with Crippen molar-refractivity contribution in [1.29, 1.82) is 0 Å². The van der Waals surface area contributed by atoms with Crippen molar-refractivity contribution in [2.24, 2.45) is 0 Å². The van der Waals surface area contributed by atoms with Crippen molar-refractivity contribution in [1.82, 2.24) is 9.80 Å². The molecule has 0 rings (SSSR count). The first-order chi connectivity index (χ1) is 7.47. The van der Waals surface area contributed by atoms with Crippen LogP contribution in [0.5, 0.6) is 0 Å². The van der Waals surface area contributed by atoms with E-state index in [4.69, 9.17) is 0 Å². The predicted molar refractivity (Wildman–Crippen MR) is 70.8 cm³/mol. The summed E-state index contributed by atoms with van der Waals surface area (Å²) in [5, 5.41) is 10.3. The Kier molecular flexibility index (Phi) is 7.98. The van der Waals surface area contributed by atoms with Gasteiger partial charge in [0.2, 0.25) is 0 Å². The number of aliphatic hydroxyl groups is 1. The van der Waals surface area contributed by atoms with E-state index in [0.29, 0.717) is 0 Å². The highest BCUT2D eigenvalue weighted by atomic mass is 16.3. The molecule has 0 aliphatic carbocycles. The van der Waals surface area contributed by atoms with Crippen LogP contribution in [-0.2, 0) is 0 Å². The van der Waals surface area contributed by atoms with Crippen LogP contribution in [-0.4, -0.2) is 60.8 Å². The Morgan fingerprint density at radius 2 is 1.56 bits per heavy atom. The number of likely N-dealkylation sites (N-methyl/N-ethyl adjacent to an activating group) is 1. The van der Waals surface area contributed by atoms with Crippen LogP contribution < -0.4 is 0 Å². The van der Waals surface area contributed by atoms with Crippen molar-refractivity contribution in [2.75, 3.05) is 40.3 Å². The summed E-state index contributed by atoms with van der Waals surface area (Å²) in [5.41, 5.74) is -0.492. The first-order valence-corrected chi connectivity index (χ1v) is 6.56. The van der Waals surface area contributed by atoms with E-state index in [1.54, 1.807) is 0 Å². The fourth-order valence-corrected chi connectivity index (χ4v) is 1.85. The molecule has 0 bridgehead atoms. The van der Waals surface area contributed by atoms with E-state index in [9.17, 15) is 5.11 Å². The first-order valence-electron chi connectivity index (χ1n) is 6.56. The van der Waals surface area contributed by atoms with Gasteiger partial charge in [-0.2, -0.15) is 0 Å². The van der Waals surface area contributed by atoms with Gasteiger partial charge in [-0.15, -0.1) is 0 Å². The van der Waals surface area contributed by atoms with Crippen molar-refractivity contribution in [2.45, 2.75) is 45.6 Å². The smallest absolute Gasteiger partial charge is 0.0768 e. The molecule has 98 valence electrons. The summed E-state index contributed by atoms with van der Waals surface area (Å²) in [5.74, 6) is 0. The van der Waals surface area contributed by atoms with Crippen molar-refractivity contribution in [3.63, 3.8) is 0 Å². The Morgan fingerprint density at radius 1 is 1.00 bits per heavy atom. The molecule has 0 fully saturated rings. The van der Waals surface area contributed by atoms with Gasteiger partial charge in [-0.1, -0.05) is 20.8 Å². The molecule has 16 heavy (non-hydrogen) atoms. The molecule has 0 aromatic carbocycles. The zero-order chi connectivity index (χ0) is 12.6. The van der Waals surface area contributed by atoms with E-state index >= 15 is 0 Å². The molecule has 3 nitrogen and oxygen atoms in total. The number of hydrogen-bond donors (Lipinski definition) is 1. The molecule has 0 aromatic heterocycles. The third kappa shape index (κ3) is 6.46. The Morgan fingerprint density at radius 3 is 1.94 bits per heavy atom. The molecule has 3 heteroatoms. The molecule has 0 unspecified atom stereocenters. The lowest BCUT2D eigenvalue weighted by Crippen LogP contribution is -2.43. The zero-order valence-electron chi connectivity index (χ0n) is 11.8. The highest BCUT2D eigenvalue weighted by Crippen LogP contribution is 2.16. The van der Waals surface area contributed by atoms with Gasteiger partial charge in [0.25, 0.3) is 0 Å². The van der Waals surface area contributed by atoms with Crippen LogP contribution >= 0.6 is 0 Å². The maximum absolute atomic E-state index is 10.3. The van der Waals surface area contributed by atoms with Crippen LogP contribution in [0, 0.1) is 0 Å². The number of nitrogens with zero attached hydrogens (tertiary/aromatic N) is 2. The fraction of sp³-hybridized carbons (Fsp3) is 1.00. The van der Waals surface area contributed by atoms with Crippen LogP contribution in [0.15, 0.2) is 0 Å². The Balaban J connectivity index is 3.99. The lowest BCUT2D eigenvalue weighted by atomic mass is 9.97. The van der Waals surface area contributed by atoms with Gasteiger partial charge in [-0.05, 0) is 53.0 Å². The molecule has 0 aromatic rings. The maximum atomic E-state index is 10.3. The van der Waals surface area contributed by atoms with Crippen molar-refractivity contribution in [3.8, 4) is 0 Å². The maximum Gasteiger partial charge on any atom is 0.0768 e. The van der Waals surface area contributed by atoms with Crippen LogP contribution in [0.1, 0.15) is 40.0 Å². The summed E-state index contributed by atoms with van der Waals surface area (Å²) in [4.78, 5) is 4.57. The van der Waals surface area contributed by atoms with Gasteiger partial charge in [0.15, 0.2) is 0 Å². The van der Waals surface area contributed by atoms with E-state index in [0.717, 1.165) is 39.0 Å². The topological polar surface area (TPSA) is 26.7 Å². The van der Waals surface area contributed by atoms with E-state index in [2.05, 4.69) is 44.7 Å².